The van der Waals surface area contributed by atoms with E-state index in [9.17, 15) is 9.59 Å². The maximum Gasteiger partial charge on any atom is 0.303 e. The van der Waals surface area contributed by atoms with Crippen LogP contribution in [0.2, 0.25) is 0 Å². The minimum Gasteiger partial charge on any atom is -0.576 e. The summed E-state index contributed by atoms with van der Waals surface area (Å²) in [6, 6.07) is 0. The summed E-state index contributed by atoms with van der Waals surface area (Å²) < 4.78 is 4.63. The van der Waals surface area contributed by atoms with Gasteiger partial charge in [0, 0.05) is 48.2 Å². The average Bonchev–Trinajstić information content (AvgIpc) is 2.32. The Bertz CT molecular complexity index is 287. The molecule has 0 amide bonds. The molecule has 5 heteroatoms. The summed E-state index contributed by atoms with van der Waals surface area (Å²) in [5.41, 5.74) is 0. The number of carbonyl (C=O) groups excluding carboxylic acids is 1. The number of aliphatic carboxylic acids is 1. The molecule has 0 saturated carbocycles. The van der Waals surface area contributed by atoms with Crippen molar-refractivity contribution in [2.75, 3.05) is 0 Å². The number of hydrogen-bond donors (Lipinski definition) is 1. The van der Waals surface area contributed by atoms with Gasteiger partial charge in [0.25, 0.3) is 0 Å². The molecule has 0 radical (unpaired) electrons. The van der Waals surface area contributed by atoms with Crippen molar-refractivity contribution in [3.05, 3.63) is 25.0 Å². The van der Waals surface area contributed by atoms with E-state index < -0.39 is 5.97 Å². The van der Waals surface area contributed by atoms with Gasteiger partial charge < -0.3 is 27.3 Å². The number of hydrogen-bond acceptors (Lipinski definition) is 3. The van der Waals surface area contributed by atoms with Crippen molar-refractivity contribution in [1.29, 1.82) is 0 Å². The maximum atomic E-state index is 11.1. The molecule has 19 heavy (non-hydrogen) atoms. The van der Waals surface area contributed by atoms with E-state index in [0.717, 1.165) is 38.5 Å². The second kappa shape index (κ2) is 15.9. The summed E-state index contributed by atoms with van der Waals surface area (Å²) in [5, 5.41) is 8.43. The number of esters is 1. The molecule has 0 atom stereocenters. The Balaban J connectivity index is 0. The first-order valence-electron chi connectivity index (χ1n) is 6.20. The van der Waals surface area contributed by atoms with Crippen molar-refractivity contribution < 1.29 is 61.2 Å². The number of unbranched alkanes of at least 4 members (excludes halogenated alkanes) is 5. The largest absolute Gasteiger partial charge is 0.576 e. The second-order valence-electron chi connectivity index (χ2n) is 3.97. The van der Waals surface area contributed by atoms with E-state index in [2.05, 4.69) is 11.0 Å². The van der Waals surface area contributed by atoms with E-state index in [0.29, 0.717) is 6.42 Å². The molecular weight excluding hydrogens is 372 g/mol. The van der Waals surface area contributed by atoms with Crippen molar-refractivity contribution in [2.45, 2.75) is 51.4 Å². The molecule has 1 N–H and O–H groups in total. The van der Waals surface area contributed by atoms with Crippen LogP contribution in [0.25, 0.3) is 0 Å². The Hall–Kier alpha value is -0.203. The van der Waals surface area contributed by atoms with E-state index in [1.54, 1.807) is 0 Å². The van der Waals surface area contributed by atoms with Crippen LogP contribution in [0.4, 0.5) is 0 Å². The van der Waals surface area contributed by atoms with Crippen LogP contribution in [0.3, 0.4) is 0 Å². The van der Waals surface area contributed by atoms with Gasteiger partial charge in [0.2, 0.25) is 5.97 Å². The van der Waals surface area contributed by atoms with Crippen molar-refractivity contribution >= 4 is 11.9 Å². The van der Waals surface area contributed by atoms with Crippen LogP contribution in [0.15, 0.2) is 12.2 Å². The number of carboxylic acid groups (broad SMARTS) is 1. The Morgan fingerprint density at radius 3 is 2.11 bits per heavy atom. The van der Waals surface area contributed by atoms with Crippen molar-refractivity contribution in [3.63, 3.8) is 0 Å². The van der Waals surface area contributed by atoms with Crippen LogP contribution in [0.5, 0.6) is 0 Å². The molecule has 0 aromatic rings. The third-order valence-corrected chi connectivity index (χ3v) is 2.36. The van der Waals surface area contributed by atoms with Gasteiger partial charge in [-0.15, -0.1) is 6.26 Å². The van der Waals surface area contributed by atoms with Crippen LogP contribution in [0.1, 0.15) is 51.4 Å². The van der Waals surface area contributed by atoms with Gasteiger partial charge in [-0.3, -0.25) is 10.9 Å². The average molecular weight is 392 g/mol. The molecule has 0 bridgehead atoms. The predicted octanol–water partition coefficient (Wildman–Crippen LogP) is 3.04. The minimum atomic E-state index is -0.739. The van der Waals surface area contributed by atoms with Crippen LogP contribution < -0.4 is 0 Å². The van der Waals surface area contributed by atoms with Gasteiger partial charge in [-0.2, -0.15) is 0 Å². The molecule has 0 aromatic heterocycles. The normalized spacial score (nSPS) is 9.89. The quantitative estimate of drug-likeness (QED) is 0.193. The molecular formula is C14H20CeO4-2. The molecule has 0 heterocycles. The summed E-state index contributed by atoms with van der Waals surface area (Å²) >= 11 is 0. The van der Waals surface area contributed by atoms with E-state index in [1.807, 2.05) is 0 Å². The molecule has 0 spiro atoms. The monoisotopic (exact) mass is 392 g/mol. The SMILES string of the molecule is [CH-]=CC=[C-]OC(=O)CCCCCCCCC(=O)O.[Ce]. The summed E-state index contributed by atoms with van der Waals surface area (Å²) in [6.45, 7) is 5.04. The number of allylic oxidation sites excluding steroid dienone is 2. The zero-order valence-electron chi connectivity index (χ0n) is 11.1. The maximum absolute atomic E-state index is 11.1. The van der Waals surface area contributed by atoms with Crippen LogP contribution in [0, 0.1) is 54.6 Å². The smallest absolute Gasteiger partial charge is 0.303 e. The molecule has 0 unspecified atom stereocenters. The number of ether oxygens (including phenoxy) is 1. The van der Waals surface area contributed by atoms with Crippen molar-refractivity contribution in [1.82, 2.24) is 0 Å². The Kier molecular flexibility index (Phi) is 17.6. The first-order chi connectivity index (χ1) is 8.66. The zero-order valence-corrected chi connectivity index (χ0v) is 14.2. The van der Waals surface area contributed by atoms with Gasteiger partial charge in [0.05, 0.1) is 0 Å². The zero-order chi connectivity index (χ0) is 13.6. The number of carbonyl (C=O) groups is 2. The Morgan fingerprint density at radius 2 is 1.58 bits per heavy atom. The van der Waals surface area contributed by atoms with Crippen molar-refractivity contribution in [2.24, 2.45) is 0 Å². The van der Waals surface area contributed by atoms with Gasteiger partial charge in [-0.1, -0.05) is 32.1 Å². The summed E-state index contributed by atoms with van der Waals surface area (Å²) in [7, 11) is 0. The van der Waals surface area contributed by atoms with E-state index in [1.165, 1.54) is 12.2 Å². The number of carboxylic acids is 1. The van der Waals surface area contributed by atoms with Crippen LogP contribution in [-0.2, 0) is 14.3 Å². The molecule has 0 aliphatic carbocycles. The van der Waals surface area contributed by atoms with E-state index in [-0.39, 0.29) is 54.1 Å². The first kappa shape index (κ1) is 21.1. The van der Waals surface area contributed by atoms with Crippen LogP contribution in [-0.4, -0.2) is 17.0 Å². The summed E-state index contributed by atoms with van der Waals surface area (Å²) in [5.74, 6) is -1.05. The van der Waals surface area contributed by atoms with Gasteiger partial charge in [-0.25, -0.2) is 0 Å². The fourth-order valence-corrected chi connectivity index (χ4v) is 1.44. The molecule has 0 saturated heterocycles. The van der Waals surface area contributed by atoms with Gasteiger partial charge in [0.15, 0.2) is 0 Å². The summed E-state index contributed by atoms with van der Waals surface area (Å²) in [4.78, 5) is 21.4. The molecule has 106 valence electrons. The van der Waals surface area contributed by atoms with Crippen molar-refractivity contribution in [3.8, 4) is 0 Å². The Morgan fingerprint density at radius 1 is 1.05 bits per heavy atom. The third-order valence-electron chi connectivity index (χ3n) is 2.36. The molecule has 0 fully saturated rings. The fourth-order valence-electron chi connectivity index (χ4n) is 1.44. The van der Waals surface area contributed by atoms with Gasteiger partial charge >= 0.3 is 5.97 Å². The molecule has 4 nitrogen and oxygen atoms in total. The first-order valence-corrected chi connectivity index (χ1v) is 6.20. The van der Waals surface area contributed by atoms with Crippen LogP contribution >= 0.6 is 0 Å². The predicted molar refractivity (Wildman–Crippen MR) is 67.3 cm³/mol. The third kappa shape index (κ3) is 17.8. The standard InChI is InChI=1S/C14H20O4.Ce/c1-2-3-12-18-14(17)11-9-7-5-4-6-8-10-13(15)16;/h1-3H,4-11H2,(H,15,16);/q-2;. The second-order valence-corrected chi connectivity index (χ2v) is 3.97. The molecule has 0 aliphatic heterocycles. The van der Waals surface area contributed by atoms with Gasteiger partial charge in [0.1, 0.15) is 0 Å². The Labute approximate surface area is 148 Å². The van der Waals surface area contributed by atoms with Gasteiger partial charge in [-0.05, 0) is 12.8 Å². The summed E-state index contributed by atoms with van der Waals surface area (Å²) in [6.07, 6.45) is 10.9. The molecule has 0 rings (SSSR count). The molecule has 0 aliphatic rings. The van der Waals surface area contributed by atoms with E-state index in [4.69, 9.17) is 11.7 Å². The topological polar surface area (TPSA) is 63.6 Å². The fraction of sp³-hybridized carbons (Fsp3) is 0.571. The molecule has 0 aromatic carbocycles. The number of rotatable bonds is 11. The minimum absolute atomic E-state index is 0. The van der Waals surface area contributed by atoms with E-state index >= 15 is 0 Å².